The molecule has 0 amide bonds. The van der Waals surface area contributed by atoms with E-state index in [0.717, 1.165) is 12.8 Å². The van der Waals surface area contributed by atoms with Gasteiger partial charge < -0.3 is 5.11 Å². The summed E-state index contributed by atoms with van der Waals surface area (Å²) < 4.78 is 1.69. The van der Waals surface area contributed by atoms with Gasteiger partial charge in [0.15, 0.2) is 0 Å². The number of aliphatic carboxylic acids is 1. The molecule has 0 atom stereocenters. The molecule has 0 saturated carbocycles. The fourth-order valence-electron chi connectivity index (χ4n) is 2.78. The summed E-state index contributed by atoms with van der Waals surface area (Å²) >= 11 is 0. The molecular formula is C16H16N2O3. The van der Waals surface area contributed by atoms with Gasteiger partial charge in [-0.05, 0) is 25.0 Å². The van der Waals surface area contributed by atoms with Crippen molar-refractivity contribution in [2.24, 2.45) is 0 Å². The molecule has 1 aliphatic rings. The summed E-state index contributed by atoms with van der Waals surface area (Å²) in [4.78, 5) is 28.1. The average Bonchev–Trinajstić information content (AvgIpc) is 2.99. The van der Waals surface area contributed by atoms with Crippen LogP contribution < -0.4 is 5.56 Å². The number of nitrogens with zero attached hydrogens (tertiary/aromatic N) is 2. The van der Waals surface area contributed by atoms with Gasteiger partial charge in [-0.25, -0.2) is 4.98 Å². The highest BCUT2D eigenvalue weighted by molar-refractivity contribution is 5.77. The van der Waals surface area contributed by atoms with Gasteiger partial charge in [0, 0.05) is 12.5 Å². The number of para-hydroxylation sites is 1. The molecule has 1 aliphatic carbocycles. The van der Waals surface area contributed by atoms with Crippen LogP contribution in [0.5, 0.6) is 0 Å². The van der Waals surface area contributed by atoms with Gasteiger partial charge in [-0.3, -0.25) is 14.2 Å². The quantitative estimate of drug-likeness (QED) is 0.874. The lowest BCUT2D eigenvalue weighted by Crippen LogP contribution is -2.28. The zero-order valence-corrected chi connectivity index (χ0v) is 11.5. The number of benzene rings is 1. The van der Waals surface area contributed by atoms with E-state index in [9.17, 15) is 9.59 Å². The summed E-state index contributed by atoms with van der Waals surface area (Å²) in [5, 5.41) is 9.47. The van der Waals surface area contributed by atoms with Gasteiger partial charge in [-0.1, -0.05) is 24.3 Å². The zero-order valence-electron chi connectivity index (χ0n) is 11.5. The predicted molar refractivity (Wildman–Crippen MR) is 79.4 cm³/mol. The summed E-state index contributed by atoms with van der Waals surface area (Å²) in [6.45, 7) is 0. The third kappa shape index (κ3) is 2.59. The molecule has 5 heteroatoms. The maximum Gasteiger partial charge on any atom is 0.303 e. The summed E-state index contributed by atoms with van der Waals surface area (Å²) in [5.74, 6) is -0.316. The van der Waals surface area contributed by atoms with Crippen LogP contribution in [0.4, 0.5) is 0 Å². The van der Waals surface area contributed by atoms with E-state index in [1.54, 1.807) is 16.7 Å². The Hall–Kier alpha value is -2.43. The van der Waals surface area contributed by atoms with Crippen LogP contribution in [0.3, 0.4) is 0 Å². The van der Waals surface area contributed by atoms with Gasteiger partial charge in [0.1, 0.15) is 5.82 Å². The molecule has 0 unspecified atom stereocenters. The fraction of sp³-hybridized carbons (Fsp3) is 0.312. The minimum absolute atomic E-state index is 0.0229. The van der Waals surface area contributed by atoms with Crippen LogP contribution in [0, 0.1) is 0 Å². The van der Waals surface area contributed by atoms with E-state index in [2.05, 4.69) is 4.98 Å². The highest BCUT2D eigenvalue weighted by atomic mass is 16.4. The topological polar surface area (TPSA) is 72.2 Å². The number of hydrogen-bond donors (Lipinski definition) is 1. The van der Waals surface area contributed by atoms with Crippen LogP contribution in [0.2, 0.25) is 0 Å². The van der Waals surface area contributed by atoms with Crippen molar-refractivity contribution < 1.29 is 9.90 Å². The molecule has 0 spiro atoms. The minimum atomic E-state index is -0.881. The van der Waals surface area contributed by atoms with E-state index in [0.29, 0.717) is 16.7 Å². The summed E-state index contributed by atoms with van der Waals surface area (Å²) in [6, 6.07) is 7.26. The Labute approximate surface area is 121 Å². The minimum Gasteiger partial charge on any atom is -0.481 e. The molecule has 21 heavy (non-hydrogen) atoms. The molecule has 1 aromatic carbocycles. The maximum absolute atomic E-state index is 12.7. The van der Waals surface area contributed by atoms with Gasteiger partial charge in [0.05, 0.1) is 17.3 Å². The predicted octanol–water partition coefficient (Wildman–Crippen LogP) is 2.30. The summed E-state index contributed by atoms with van der Waals surface area (Å²) in [6.07, 6.45) is 5.93. The van der Waals surface area contributed by atoms with E-state index in [4.69, 9.17) is 5.11 Å². The molecule has 1 N–H and O–H groups in total. The smallest absolute Gasteiger partial charge is 0.303 e. The molecule has 1 aromatic heterocycles. The lowest BCUT2D eigenvalue weighted by molar-refractivity contribution is -0.137. The fourth-order valence-corrected chi connectivity index (χ4v) is 2.78. The van der Waals surface area contributed by atoms with Gasteiger partial charge in [-0.2, -0.15) is 0 Å². The van der Waals surface area contributed by atoms with Crippen LogP contribution in [-0.4, -0.2) is 20.6 Å². The van der Waals surface area contributed by atoms with Crippen molar-refractivity contribution in [3.63, 3.8) is 0 Å². The van der Waals surface area contributed by atoms with E-state index >= 15 is 0 Å². The van der Waals surface area contributed by atoms with Crippen molar-refractivity contribution in [2.75, 3.05) is 0 Å². The first-order chi connectivity index (χ1) is 10.2. The Balaban J connectivity index is 2.14. The number of aromatic nitrogens is 2. The summed E-state index contributed by atoms with van der Waals surface area (Å²) in [7, 11) is 0. The number of rotatable bonds is 4. The number of aryl methyl sites for hydroxylation is 1. The third-order valence-corrected chi connectivity index (χ3v) is 3.79. The van der Waals surface area contributed by atoms with Crippen LogP contribution in [0.15, 0.2) is 41.2 Å². The number of hydrogen-bond acceptors (Lipinski definition) is 3. The third-order valence-electron chi connectivity index (χ3n) is 3.79. The monoisotopic (exact) mass is 284 g/mol. The van der Waals surface area contributed by atoms with Crippen molar-refractivity contribution in [3.05, 3.63) is 52.6 Å². The standard InChI is InChI=1S/C16H16N2O3/c19-15(20)10-9-14-17-13-8-4-3-7-12(13)16(21)18(14)11-5-1-2-6-11/h1-4,7-8,11H,5-6,9-10H2,(H,19,20). The van der Waals surface area contributed by atoms with Crippen LogP contribution in [-0.2, 0) is 11.2 Å². The van der Waals surface area contributed by atoms with E-state index < -0.39 is 5.97 Å². The molecule has 1 heterocycles. The van der Waals surface area contributed by atoms with Gasteiger partial charge in [-0.15, -0.1) is 0 Å². The number of carboxylic acids is 1. The molecule has 2 aromatic rings. The molecule has 108 valence electrons. The first-order valence-electron chi connectivity index (χ1n) is 7.04. The second kappa shape index (κ2) is 5.52. The Kier molecular flexibility index (Phi) is 3.56. The highest BCUT2D eigenvalue weighted by Crippen LogP contribution is 2.24. The Morgan fingerprint density at radius 3 is 2.71 bits per heavy atom. The molecular weight excluding hydrogens is 268 g/mol. The number of fused-ring (bicyclic) bond motifs is 1. The molecule has 0 bridgehead atoms. The first-order valence-corrected chi connectivity index (χ1v) is 7.04. The normalized spacial score (nSPS) is 14.9. The van der Waals surface area contributed by atoms with Crippen molar-refractivity contribution in [3.8, 4) is 0 Å². The molecule has 0 saturated heterocycles. The van der Waals surface area contributed by atoms with Gasteiger partial charge >= 0.3 is 5.97 Å². The first kappa shape index (κ1) is 13.5. The SMILES string of the molecule is O=C(O)CCc1nc2ccccc2c(=O)n1C1CC=CC1. The molecule has 0 fully saturated rings. The second-order valence-electron chi connectivity index (χ2n) is 5.21. The molecule has 0 aliphatic heterocycles. The van der Waals surface area contributed by atoms with Gasteiger partial charge in [0.2, 0.25) is 0 Å². The number of carboxylic acid groups (broad SMARTS) is 1. The van der Waals surface area contributed by atoms with Crippen LogP contribution >= 0.6 is 0 Å². The van der Waals surface area contributed by atoms with Crippen LogP contribution in [0.1, 0.15) is 31.1 Å². The van der Waals surface area contributed by atoms with Crippen molar-refractivity contribution in [1.82, 2.24) is 9.55 Å². The van der Waals surface area contributed by atoms with Crippen molar-refractivity contribution in [1.29, 1.82) is 0 Å². The van der Waals surface area contributed by atoms with Crippen LogP contribution in [0.25, 0.3) is 10.9 Å². The largest absolute Gasteiger partial charge is 0.481 e. The molecule has 3 rings (SSSR count). The Bertz CT molecular complexity index is 769. The zero-order chi connectivity index (χ0) is 14.8. The average molecular weight is 284 g/mol. The van der Waals surface area contributed by atoms with E-state index in [1.807, 2.05) is 24.3 Å². The Morgan fingerprint density at radius 1 is 1.29 bits per heavy atom. The molecule has 5 nitrogen and oxygen atoms in total. The number of allylic oxidation sites excluding steroid dienone is 2. The van der Waals surface area contributed by atoms with Crippen molar-refractivity contribution in [2.45, 2.75) is 31.7 Å². The van der Waals surface area contributed by atoms with E-state index in [-0.39, 0.29) is 24.4 Å². The highest BCUT2D eigenvalue weighted by Gasteiger charge is 2.20. The summed E-state index contributed by atoms with van der Waals surface area (Å²) in [5.41, 5.74) is 0.555. The Morgan fingerprint density at radius 2 is 2.00 bits per heavy atom. The number of carbonyl (C=O) groups is 1. The van der Waals surface area contributed by atoms with Gasteiger partial charge in [0.25, 0.3) is 5.56 Å². The van der Waals surface area contributed by atoms with Crippen molar-refractivity contribution >= 4 is 16.9 Å². The lowest BCUT2D eigenvalue weighted by atomic mass is 10.1. The lowest BCUT2D eigenvalue weighted by Gasteiger charge is -2.18. The second-order valence-corrected chi connectivity index (χ2v) is 5.21. The maximum atomic E-state index is 12.7. The van der Waals surface area contributed by atoms with E-state index in [1.165, 1.54) is 0 Å². The molecule has 0 radical (unpaired) electrons.